The van der Waals surface area contributed by atoms with E-state index in [1.165, 1.54) is 0 Å². The van der Waals surface area contributed by atoms with E-state index in [1.807, 2.05) is 6.92 Å². The van der Waals surface area contributed by atoms with Gasteiger partial charge in [0.1, 0.15) is 11.4 Å². The van der Waals surface area contributed by atoms with Crippen LogP contribution >= 0.6 is 0 Å². The summed E-state index contributed by atoms with van der Waals surface area (Å²) in [6, 6.07) is 3.50. The summed E-state index contributed by atoms with van der Waals surface area (Å²) < 4.78 is 10.9. The molecule has 2 aromatic heterocycles. The van der Waals surface area contributed by atoms with Crippen LogP contribution in [0.4, 0.5) is 5.82 Å². The first kappa shape index (κ1) is 11.2. The van der Waals surface area contributed by atoms with E-state index in [0.717, 1.165) is 25.0 Å². The summed E-state index contributed by atoms with van der Waals surface area (Å²) in [5, 5.41) is 4.00. The molecule has 0 aliphatic carbocycles. The number of nitrogens with zero attached hydrogens (tertiary/aromatic N) is 3. The third kappa shape index (κ3) is 1.84. The van der Waals surface area contributed by atoms with Gasteiger partial charge in [0.2, 0.25) is 5.82 Å². The molecule has 1 aliphatic heterocycles. The minimum absolute atomic E-state index is 0.428. The Morgan fingerprint density at radius 2 is 2.28 bits per heavy atom. The van der Waals surface area contributed by atoms with Crippen molar-refractivity contribution in [1.29, 1.82) is 0 Å². The van der Waals surface area contributed by atoms with Gasteiger partial charge in [-0.3, -0.25) is 0 Å². The number of aromatic nitrogens is 3. The van der Waals surface area contributed by atoms with Crippen molar-refractivity contribution in [2.75, 3.05) is 12.3 Å². The predicted molar refractivity (Wildman–Crippen MR) is 64.5 cm³/mol. The number of nitrogens with two attached hydrogens (primary N) is 1. The summed E-state index contributed by atoms with van der Waals surface area (Å²) in [7, 11) is 0. The van der Waals surface area contributed by atoms with E-state index in [2.05, 4.69) is 15.1 Å². The molecule has 6 nitrogen and oxygen atoms in total. The van der Waals surface area contributed by atoms with Crippen LogP contribution < -0.4 is 5.73 Å². The lowest BCUT2D eigenvalue weighted by atomic mass is 10.0. The SMILES string of the molecule is CC1(c2noc(-c3ccc(N)nc3)n2)CCCO1. The van der Waals surface area contributed by atoms with Gasteiger partial charge in [-0.1, -0.05) is 5.16 Å². The number of hydrogen-bond donors (Lipinski definition) is 1. The molecule has 1 fully saturated rings. The predicted octanol–water partition coefficient (Wildman–Crippen LogP) is 1.74. The van der Waals surface area contributed by atoms with E-state index in [9.17, 15) is 0 Å². The summed E-state index contributed by atoms with van der Waals surface area (Å²) in [5.74, 6) is 1.49. The highest BCUT2D eigenvalue weighted by atomic mass is 16.5. The molecule has 1 unspecified atom stereocenters. The minimum atomic E-state index is -0.428. The summed E-state index contributed by atoms with van der Waals surface area (Å²) in [6.07, 6.45) is 3.54. The Morgan fingerprint density at radius 1 is 1.39 bits per heavy atom. The van der Waals surface area contributed by atoms with Crippen LogP contribution in [0.2, 0.25) is 0 Å². The number of nitrogen functional groups attached to an aromatic ring is 1. The second-order valence-corrected chi connectivity index (χ2v) is 4.58. The molecule has 0 aromatic carbocycles. The molecule has 0 amide bonds. The van der Waals surface area contributed by atoms with E-state index in [-0.39, 0.29) is 0 Å². The molecule has 0 bridgehead atoms. The van der Waals surface area contributed by atoms with E-state index >= 15 is 0 Å². The molecule has 0 saturated carbocycles. The van der Waals surface area contributed by atoms with Gasteiger partial charge in [0, 0.05) is 12.8 Å². The van der Waals surface area contributed by atoms with Gasteiger partial charge in [0.25, 0.3) is 5.89 Å². The molecule has 0 radical (unpaired) electrons. The number of anilines is 1. The first-order valence-corrected chi connectivity index (χ1v) is 5.87. The van der Waals surface area contributed by atoms with Gasteiger partial charge in [-0.15, -0.1) is 0 Å². The molecule has 6 heteroatoms. The molecule has 1 atom stereocenters. The first-order chi connectivity index (χ1) is 8.67. The van der Waals surface area contributed by atoms with Crippen molar-refractivity contribution < 1.29 is 9.26 Å². The third-order valence-electron chi connectivity index (χ3n) is 3.15. The zero-order valence-corrected chi connectivity index (χ0v) is 10.1. The highest BCUT2D eigenvalue weighted by Crippen LogP contribution is 2.34. The van der Waals surface area contributed by atoms with Crippen molar-refractivity contribution in [3.05, 3.63) is 24.2 Å². The lowest BCUT2D eigenvalue weighted by molar-refractivity contribution is 0.00768. The van der Waals surface area contributed by atoms with Crippen LogP contribution in [0, 0.1) is 0 Å². The molecule has 1 saturated heterocycles. The number of hydrogen-bond acceptors (Lipinski definition) is 6. The molecule has 18 heavy (non-hydrogen) atoms. The Hall–Kier alpha value is -1.95. The van der Waals surface area contributed by atoms with Gasteiger partial charge in [-0.25, -0.2) is 4.98 Å². The van der Waals surface area contributed by atoms with Crippen LogP contribution in [0.5, 0.6) is 0 Å². The molecule has 2 aromatic rings. The second-order valence-electron chi connectivity index (χ2n) is 4.58. The topological polar surface area (TPSA) is 87.1 Å². The number of rotatable bonds is 2. The van der Waals surface area contributed by atoms with Crippen molar-refractivity contribution in [1.82, 2.24) is 15.1 Å². The minimum Gasteiger partial charge on any atom is -0.384 e. The number of ether oxygens (including phenoxy) is 1. The van der Waals surface area contributed by atoms with Gasteiger partial charge in [-0.2, -0.15) is 4.98 Å². The Labute approximate surface area is 104 Å². The molecule has 2 N–H and O–H groups in total. The Balaban J connectivity index is 1.91. The Kier molecular flexibility index (Phi) is 2.52. The highest BCUT2D eigenvalue weighted by Gasteiger charge is 2.36. The zero-order valence-electron chi connectivity index (χ0n) is 10.1. The van der Waals surface area contributed by atoms with Crippen LogP contribution in [0.15, 0.2) is 22.9 Å². The highest BCUT2D eigenvalue weighted by molar-refractivity contribution is 5.53. The van der Waals surface area contributed by atoms with Crippen molar-refractivity contribution in [2.45, 2.75) is 25.4 Å². The van der Waals surface area contributed by atoms with Gasteiger partial charge < -0.3 is 15.0 Å². The van der Waals surface area contributed by atoms with Crippen molar-refractivity contribution in [3.8, 4) is 11.5 Å². The quantitative estimate of drug-likeness (QED) is 0.868. The van der Waals surface area contributed by atoms with Crippen LogP contribution in [0.25, 0.3) is 11.5 Å². The lowest BCUT2D eigenvalue weighted by Crippen LogP contribution is -2.21. The Bertz CT molecular complexity index is 543. The van der Waals surface area contributed by atoms with E-state index in [0.29, 0.717) is 17.5 Å². The lowest BCUT2D eigenvalue weighted by Gasteiger charge is -2.17. The van der Waals surface area contributed by atoms with Gasteiger partial charge in [0.05, 0.1) is 5.56 Å². The molecule has 0 spiro atoms. The fraction of sp³-hybridized carbons (Fsp3) is 0.417. The second kappa shape index (κ2) is 4.06. The monoisotopic (exact) mass is 246 g/mol. The van der Waals surface area contributed by atoms with Crippen LogP contribution in [-0.2, 0) is 10.3 Å². The largest absolute Gasteiger partial charge is 0.384 e. The summed E-state index contributed by atoms with van der Waals surface area (Å²) in [4.78, 5) is 8.38. The zero-order chi connectivity index (χ0) is 12.6. The average Bonchev–Trinajstić information content (AvgIpc) is 2.99. The maximum atomic E-state index is 5.67. The van der Waals surface area contributed by atoms with Gasteiger partial charge in [-0.05, 0) is 31.9 Å². The summed E-state index contributed by atoms with van der Waals surface area (Å²) in [5.41, 5.74) is 5.86. The standard InChI is InChI=1S/C12H14N4O2/c1-12(5-2-6-17-12)11-15-10(18-16-11)8-3-4-9(13)14-7-8/h3-4,7H,2,5-6H2,1H3,(H2,13,14). The van der Waals surface area contributed by atoms with Gasteiger partial charge >= 0.3 is 0 Å². The van der Waals surface area contributed by atoms with Gasteiger partial charge in [0.15, 0.2) is 0 Å². The average molecular weight is 246 g/mol. The fourth-order valence-corrected chi connectivity index (χ4v) is 2.04. The third-order valence-corrected chi connectivity index (χ3v) is 3.15. The van der Waals surface area contributed by atoms with Crippen molar-refractivity contribution in [3.63, 3.8) is 0 Å². The normalized spacial score (nSPS) is 23.4. The molecule has 3 heterocycles. The molecular formula is C12H14N4O2. The van der Waals surface area contributed by atoms with E-state index in [4.69, 9.17) is 15.0 Å². The van der Waals surface area contributed by atoms with E-state index in [1.54, 1.807) is 18.3 Å². The molecule has 1 aliphatic rings. The first-order valence-electron chi connectivity index (χ1n) is 5.87. The molecular weight excluding hydrogens is 232 g/mol. The summed E-state index contributed by atoms with van der Waals surface area (Å²) in [6.45, 7) is 2.72. The maximum Gasteiger partial charge on any atom is 0.259 e. The molecule has 3 rings (SSSR count). The smallest absolute Gasteiger partial charge is 0.259 e. The molecule has 94 valence electrons. The van der Waals surface area contributed by atoms with Crippen LogP contribution in [-0.4, -0.2) is 21.7 Å². The van der Waals surface area contributed by atoms with Crippen LogP contribution in [0.1, 0.15) is 25.6 Å². The number of pyridine rings is 1. The maximum absolute atomic E-state index is 5.67. The van der Waals surface area contributed by atoms with Crippen LogP contribution in [0.3, 0.4) is 0 Å². The van der Waals surface area contributed by atoms with Crippen molar-refractivity contribution >= 4 is 5.82 Å². The van der Waals surface area contributed by atoms with Crippen molar-refractivity contribution in [2.24, 2.45) is 0 Å². The summed E-state index contributed by atoms with van der Waals surface area (Å²) >= 11 is 0. The fourth-order valence-electron chi connectivity index (χ4n) is 2.04. The Morgan fingerprint density at radius 3 is 2.94 bits per heavy atom. The van der Waals surface area contributed by atoms with E-state index < -0.39 is 5.60 Å².